The number of ether oxygens (including phenoxy) is 3. The van der Waals surface area contributed by atoms with Crippen LogP contribution >= 0.6 is 0 Å². The van der Waals surface area contributed by atoms with Crippen LogP contribution in [0, 0.1) is 0 Å². The van der Waals surface area contributed by atoms with Crippen LogP contribution in [0.5, 0.6) is 11.6 Å². The maximum atomic E-state index is 15.5. The molecule has 36 heavy (non-hydrogen) atoms. The predicted octanol–water partition coefficient (Wildman–Crippen LogP) is 2.92. The molecule has 190 valence electrons. The number of hydrogen-bond donors (Lipinski definition) is 1. The highest BCUT2D eigenvalue weighted by atomic mass is 19.1. The second-order valence-corrected chi connectivity index (χ2v) is 9.62. The summed E-state index contributed by atoms with van der Waals surface area (Å²) in [6.07, 6.45) is 7.68. The van der Waals surface area contributed by atoms with Crippen molar-refractivity contribution in [1.82, 2.24) is 29.5 Å². The summed E-state index contributed by atoms with van der Waals surface area (Å²) in [5.41, 5.74) is 1.15. The third-order valence-corrected chi connectivity index (χ3v) is 7.12. The standard InChI is InChI=1S/C24H30BFN6O4/c1-24-8-4-5-18(32(24)25(2)33)22(26)20(12-24)36-21-13-28-23(30-29-21)17-7-6-16(31-10-9-27-14-31)11-19(17)35-15-34-3/h6-7,9-11,13-14,18,20,22,33H,4-5,8,12,15H2,1-3H3/t18?,20-,22+,24-/m0/s1. The lowest BCUT2D eigenvalue weighted by Gasteiger charge is -2.57. The highest BCUT2D eigenvalue weighted by molar-refractivity contribution is 6.45. The van der Waals surface area contributed by atoms with Crippen LogP contribution in [-0.2, 0) is 4.74 Å². The minimum Gasteiger partial charge on any atom is -0.469 e. The van der Waals surface area contributed by atoms with Gasteiger partial charge in [-0.3, -0.25) is 0 Å². The van der Waals surface area contributed by atoms with E-state index in [-0.39, 0.29) is 18.2 Å². The van der Waals surface area contributed by atoms with E-state index in [0.717, 1.165) is 18.5 Å². The molecule has 2 fully saturated rings. The number of halogens is 1. The van der Waals surface area contributed by atoms with Gasteiger partial charge in [-0.1, -0.05) is 6.42 Å². The largest absolute Gasteiger partial charge is 0.469 e. The summed E-state index contributed by atoms with van der Waals surface area (Å²) in [5, 5.41) is 18.7. The summed E-state index contributed by atoms with van der Waals surface area (Å²) in [6.45, 7) is 3.82. The smallest absolute Gasteiger partial charge is 0.377 e. The molecule has 5 rings (SSSR count). The lowest BCUT2D eigenvalue weighted by Crippen LogP contribution is -2.70. The summed E-state index contributed by atoms with van der Waals surface area (Å²) >= 11 is 0. The Balaban J connectivity index is 1.35. The number of rotatable bonds is 8. The van der Waals surface area contributed by atoms with E-state index in [9.17, 15) is 5.02 Å². The van der Waals surface area contributed by atoms with Crippen LogP contribution in [0.4, 0.5) is 4.39 Å². The monoisotopic (exact) mass is 496 g/mol. The highest BCUT2D eigenvalue weighted by Gasteiger charge is 2.54. The van der Waals surface area contributed by atoms with E-state index in [1.54, 1.807) is 26.5 Å². The van der Waals surface area contributed by atoms with Crippen LogP contribution in [0.25, 0.3) is 17.1 Å². The van der Waals surface area contributed by atoms with Crippen LogP contribution in [0.1, 0.15) is 32.6 Å². The van der Waals surface area contributed by atoms with Gasteiger partial charge < -0.3 is 28.6 Å². The zero-order valence-corrected chi connectivity index (χ0v) is 20.6. The third kappa shape index (κ3) is 4.68. The Labute approximate surface area is 209 Å². The summed E-state index contributed by atoms with van der Waals surface area (Å²) in [5.74, 6) is 1.02. The van der Waals surface area contributed by atoms with Gasteiger partial charge in [0, 0.05) is 43.6 Å². The van der Waals surface area contributed by atoms with Gasteiger partial charge in [-0.05, 0) is 38.7 Å². The molecule has 2 saturated heterocycles. The van der Waals surface area contributed by atoms with E-state index in [0.29, 0.717) is 30.0 Å². The Bertz CT molecular complexity index is 1170. The van der Waals surface area contributed by atoms with Crippen molar-refractivity contribution in [2.24, 2.45) is 0 Å². The molecule has 0 aliphatic carbocycles. The first-order valence-electron chi connectivity index (χ1n) is 12.1. The van der Waals surface area contributed by atoms with Crippen LogP contribution in [0.2, 0.25) is 6.82 Å². The molecule has 2 aliphatic heterocycles. The first-order chi connectivity index (χ1) is 17.4. The molecule has 4 heterocycles. The molecule has 2 aromatic heterocycles. The maximum absolute atomic E-state index is 15.5. The van der Waals surface area contributed by atoms with Crippen LogP contribution < -0.4 is 9.47 Å². The summed E-state index contributed by atoms with van der Waals surface area (Å²) in [7, 11) is 0.831. The molecular weight excluding hydrogens is 466 g/mol. The Morgan fingerprint density at radius 2 is 2.17 bits per heavy atom. The number of alkyl halides is 1. The van der Waals surface area contributed by atoms with Crippen molar-refractivity contribution in [2.45, 2.75) is 63.3 Å². The van der Waals surface area contributed by atoms with Crippen molar-refractivity contribution in [2.75, 3.05) is 13.9 Å². The van der Waals surface area contributed by atoms with E-state index >= 15 is 4.39 Å². The van der Waals surface area contributed by atoms with Gasteiger partial charge in [0.2, 0.25) is 0 Å². The number of aromatic nitrogens is 5. The van der Waals surface area contributed by atoms with Crippen LogP contribution in [0.3, 0.4) is 0 Å². The molecule has 10 nitrogen and oxygen atoms in total. The fraction of sp³-hybridized carbons (Fsp3) is 0.500. The topological polar surface area (TPSA) is 108 Å². The molecule has 1 unspecified atom stereocenters. The van der Waals surface area contributed by atoms with Crippen LogP contribution in [0.15, 0.2) is 43.1 Å². The van der Waals surface area contributed by atoms with Gasteiger partial charge >= 0.3 is 7.05 Å². The molecule has 0 radical (unpaired) electrons. The number of piperidine rings is 2. The van der Waals surface area contributed by atoms with Crippen LogP contribution in [-0.4, -0.2) is 79.4 Å². The summed E-state index contributed by atoms with van der Waals surface area (Å²) in [4.78, 5) is 10.4. The van der Waals surface area contributed by atoms with Gasteiger partial charge in [-0.25, -0.2) is 14.4 Å². The fourth-order valence-corrected chi connectivity index (χ4v) is 5.62. The molecule has 2 bridgehead atoms. The van der Waals surface area contributed by atoms with Crippen molar-refractivity contribution in [3.63, 3.8) is 0 Å². The quantitative estimate of drug-likeness (QED) is 0.372. The van der Waals surface area contributed by atoms with E-state index in [1.807, 2.05) is 33.8 Å². The molecule has 0 amide bonds. The normalized spacial score (nSPS) is 26.0. The minimum atomic E-state index is -1.25. The molecule has 1 aromatic carbocycles. The molecule has 3 aromatic rings. The van der Waals surface area contributed by atoms with Gasteiger partial charge in [0.1, 0.15) is 11.9 Å². The first-order valence-corrected chi connectivity index (χ1v) is 12.1. The second kappa shape index (κ2) is 10.1. The Morgan fingerprint density at radius 1 is 1.31 bits per heavy atom. The Morgan fingerprint density at radius 3 is 2.86 bits per heavy atom. The van der Waals surface area contributed by atoms with E-state index in [2.05, 4.69) is 27.1 Å². The summed E-state index contributed by atoms with van der Waals surface area (Å²) < 4.78 is 34.1. The molecule has 0 spiro atoms. The SMILES string of the molecule is COCOc1cc(-n2ccnc2)ccc1-c1ncc(O[C@H]2C[C@]3(C)CCCC([C@H]2F)N3B(C)O)nn1. The van der Waals surface area contributed by atoms with Crippen molar-refractivity contribution in [1.29, 1.82) is 0 Å². The molecular formula is C24H30BFN6O4. The first kappa shape index (κ1) is 24.6. The number of methoxy groups -OCH3 is 1. The van der Waals surface area contributed by atoms with Crippen molar-refractivity contribution in [3.05, 3.63) is 43.1 Å². The molecule has 12 heteroatoms. The Kier molecular flexibility index (Phi) is 6.91. The number of benzene rings is 1. The summed E-state index contributed by atoms with van der Waals surface area (Å²) in [6, 6.07) is 5.18. The average molecular weight is 496 g/mol. The van der Waals surface area contributed by atoms with Crippen molar-refractivity contribution < 1.29 is 23.6 Å². The van der Waals surface area contributed by atoms with Crippen molar-refractivity contribution >= 4 is 7.05 Å². The van der Waals surface area contributed by atoms with Gasteiger partial charge in [0.25, 0.3) is 5.88 Å². The molecule has 2 aliphatic rings. The van der Waals surface area contributed by atoms with Gasteiger partial charge in [0.15, 0.2) is 18.8 Å². The average Bonchev–Trinajstić information content (AvgIpc) is 3.41. The maximum Gasteiger partial charge on any atom is 0.377 e. The molecule has 0 saturated carbocycles. The lowest BCUT2D eigenvalue weighted by molar-refractivity contribution is -0.0839. The Hall–Kier alpha value is -3.09. The lowest BCUT2D eigenvalue weighted by atomic mass is 9.65. The highest BCUT2D eigenvalue weighted by Crippen LogP contribution is 2.44. The zero-order chi connectivity index (χ0) is 25.3. The number of nitrogens with zero attached hydrogens (tertiary/aromatic N) is 6. The minimum absolute atomic E-state index is 0.0536. The zero-order valence-electron chi connectivity index (χ0n) is 20.6. The predicted molar refractivity (Wildman–Crippen MR) is 131 cm³/mol. The van der Waals surface area contributed by atoms with E-state index < -0.39 is 25.4 Å². The van der Waals surface area contributed by atoms with Crippen molar-refractivity contribution in [3.8, 4) is 28.7 Å². The fourth-order valence-electron chi connectivity index (χ4n) is 5.62. The van der Waals surface area contributed by atoms with Gasteiger partial charge in [-0.15, -0.1) is 10.2 Å². The van der Waals surface area contributed by atoms with E-state index in [4.69, 9.17) is 14.2 Å². The molecule has 4 atom stereocenters. The third-order valence-electron chi connectivity index (χ3n) is 7.12. The van der Waals surface area contributed by atoms with Gasteiger partial charge in [-0.2, -0.15) is 0 Å². The number of fused-ring (bicyclic) bond motifs is 2. The number of hydrogen-bond acceptors (Lipinski definition) is 9. The second-order valence-electron chi connectivity index (χ2n) is 9.62. The number of imidazole rings is 1. The van der Waals surface area contributed by atoms with Gasteiger partial charge in [0.05, 0.1) is 23.8 Å². The van der Waals surface area contributed by atoms with E-state index in [1.165, 1.54) is 6.20 Å². The molecule has 1 N–H and O–H groups in total.